The van der Waals surface area contributed by atoms with Crippen LogP contribution in [-0.4, -0.2) is 20.7 Å². The highest BCUT2D eigenvalue weighted by atomic mass is 32.2. The predicted molar refractivity (Wildman–Crippen MR) is 32.8 cm³/mol. The van der Waals surface area contributed by atoms with Gasteiger partial charge >= 0.3 is 0 Å². The van der Waals surface area contributed by atoms with Crippen LogP contribution in [0.5, 0.6) is 0 Å². The molecule has 1 radical (unpaired) electrons. The fourth-order valence-corrected chi connectivity index (χ4v) is 0.876. The van der Waals surface area contributed by atoms with Gasteiger partial charge in [-0.1, -0.05) is 6.92 Å². The minimum absolute atomic E-state index is 0.0825. The molecule has 0 atom stereocenters. The van der Waals surface area contributed by atoms with Gasteiger partial charge in [-0.25, -0.2) is 13.1 Å². The number of hydrogen-bond acceptors (Lipinski definition) is 2. The molecular formula is C4H10NO2S. The maximum atomic E-state index is 10.4. The van der Waals surface area contributed by atoms with Crippen LogP contribution in [0.25, 0.3) is 0 Å². The van der Waals surface area contributed by atoms with E-state index >= 15 is 0 Å². The Morgan fingerprint density at radius 1 is 1.62 bits per heavy atom. The van der Waals surface area contributed by atoms with Gasteiger partial charge < -0.3 is 0 Å². The zero-order valence-corrected chi connectivity index (χ0v) is 5.66. The molecule has 0 bridgehead atoms. The smallest absolute Gasteiger partial charge is 0.211 e. The summed E-state index contributed by atoms with van der Waals surface area (Å²) in [7, 11) is -3.03. The van der Waals surface area contributed by atoms with Crippen LogP contribution < -0.4 is 4.72 Å². The summed E-state index contributed by atoms with van der Waals surface area (Å²) in [5.74, 6) is -0.0825. The quantitative estimate of drug-likeness (QED) is 0.582. The second-order valence-corrected chi connectivity index (χ2v) is 3.24. The molecule has 0 unspecified atom stereocenters. The first kappa shape index (κ1) is 7.91. The second-order valence-electron chi connectivity index (χ2n) is 1.32. The third kappa shape index (κ3) is 2.98. The van der Waals surface area contributed by atoms with E-state index in [-0.39, 0.29) is 5.75 Å². The third-order valence-corrected chi connectivity index (χ3v) is 1.90. The van der Waals surface area contributed by atoms with E-state index in [4.69, 9.17) is 0 Å². The van der Waals surface area contributed by atoms with Crippen molar-refractivity contribution >= 4 is 10.0 Å². The zero-order chi connectivity index (χ0) is 6.62. The molecule has 0 heterocycles. The molecule has 0 aromatic rings. The van der Waals surface area contributed by atoms with E-state index in [1.807, 2.05) is 0 Å². The lowest BCUT2D eigenvalue weighted by Gasteiger charge is -1.96. The molecule has 0 aromatic heterocycles. The molecule has 0 aliphatic heterocycles. The molecule has 0 amide bonds. The molecule has 0 saturated heterocycles. The van der Waals surface area contributed by atoms with Gasteiger partial charge in [-0.3, -0.25) is 0 Å². The SMILES string of the molecule is [CH2]CS(=O)(=O)NCC. The van der Waals surface area contributed by atoms with E-state index in [9.17, 15) is 8.42 Å². The van der Waals surface area contributed by atoms with Crippen LogP contribution in [0.1, 0.15) is 6.92 Å². The number of nitrogens with one attached hydrogen (secondary N) is 1. The maximum absolute atomic E-state index is 10.4. The first-order valence-electron chi connectivity index (χ1n) is 2.39. The Balaban J connectivity index is 3.76. The molecule has 0 aliphatic carbocycles. The van der Waals surface area contributed by atoms with Gasteiger partial charge in [0.2, 0.25) is 10.0 Å². The van der Waals surface area contributed by atoms with Crippen LogP contribution in [0, 0.1) is 6.92 Å². The molecule has 0 fully saturated rings. The van der Waals surface area contributed by atoms with E-state index in [0.717, 1.165) is 0 Å². The molecule has 8 heavy (non-hydrogen) atoms. The lowest BCUT2D eigenvalue weighted by atomic mass is 10.8. The first-order valence-corrected chi connectivity index (χ1v) is 4.04. The van der Waals surface area contributed by atoms with Gasteiger partial charge in [-0.05, 0) is 6.92 Å². The average molecular weight is 136 g/mol. The van der Waals surface area contributed by atoms with Crippen LogP contribution in [-0.2, 0) is 10.0 Å². The Morgan fingerprint density at radius 2 is 2.12 bits per heavy atom. The van der Waals surface area contributed by atoms with Crippen molar-refractivity contribution in [3.8, 4) is 0 Å². The summed E-state index contributed by atoms with van der Waals surface area (Å²) in [6, 6.07) is 0. The van der Waals surface area contributed by atoms with E-state index < -0.39 is 10.0 Å². The van der Waals surface area contributed by atoms with Gasteiger partial charge in [-0.2, -0.15) is 0 Å². The minimum atomic E-state index is -3.03. The summed E-state index contributed by atoms with van der Waals surface area (Å²) >= 11 is 0. The number of sulfonamides is 1. The van der Waals surface area contributed by atoms with Crippen LogP contribution in [0.2, 0.25) is 0 Å². The molecule has 0 spiro atoms. The molecule has 3 nitrogen and oxygen atoms in total. The molecule has 1 N–H and O–H groups in total. The number of hydrogen-bond donors (Lipinski definition) is 1. The topological polar surface area (TPSA) is 46.2 Å². The molecule has 4 heteroatoms. The fourth-order valence-electron chi connectivity index (χ4n) is 0.292. The maximum Gasteiger partial charge on any atom is 0.211 e. The van der Waals surface area contributed by atoms with Crippen LogP contribution in [0.3, 0.4) is 0 Å². The standard InChI is InChI=1S/C4H10NO2S/c1-3-5-8(6,7)4-2/h5H,2-4H2,1H3. The predicted octanol–water partition coefficient (Wildman–Crippen LogP) is -0.240. The molecule has 0 rings (SSSR count). The largest absolute Gasteiger partial charge is 0.216 e. The number of rotatable bonds is 3. The normalized spacial score (nSPS) is 11.8. The van der Waals surface area contributed by atoms with Crippen molar-refractivity contribution in [1.82, 2.24) is 4.72 Å². The van der Waals surface area contributed by atoms with Crippen molar-refractivity contribution < 1.29 is 8.42 Å². The van der Waals surface area contributed by atoms with Crippen LogP contribution in [0.15, 0.2) is 0 Å². The highest BCUT2D eigenvalue weighted by molar-refractivity contribution is 7.89. The summed E-state index contributed by atoms with van der Waals surface area (Å²) < 4.78 is 23.1. The summed E-state index contributed by atoms with van der Waals surface area (Å²) in [4.78, 5) is 0. The molecule has 0 aromatic carbocycles. The van der Waals surface area contributed by atoms with Gasteiger partial charge in [0.05, 0.1) is 5.75 Å². The minimum Gasteiger partial charge on any atom is -0.216 e. The summed E-state index contributed by atoms with van der Waals surface area (Å²) in [6.45, 7) is 5.40. The molecular weight excluding hydrogens is 126 g/mol. The van der Waals surface area contributed by atoms with Crippen molar-refractivity contribution in [3.63, 3.8) is 0 Å². The highest BCUT2D eigenvalue weighted by Gasteiger charge is 2.00. The fraction of sp³-hybridized carbons (Fsp3) is 0.750. The highest BCUT2D eigenvalue weighted by Crippen LogP contribution is 1.77. The second kappa shape index (κ2) is 3.04. The van der Waals surface area contributed by atoms with E-state index in [1.165, 1.54) is 0 Å². The monoisotopic (exact) mass is 136 g/mol. The van der Waals surface area contributed by atoms with Crippen LogP contribution in [0.4, 0.5) is 0 Å². The summed E-state index contributed by atoms with van der Waals surface area (Å²) in [5, 5.41) is 0. The summed E-state index contributed by atoms with van der Waals surface area (Å²) in [5.41, 5.74) is 0. The van der Waals surface area contributed by atoms with Gasteiger partial charge in [0.1, 0.15) is 0 Å². The third-order valence-electron chi connectivity index (χ3n) is 0.633. The van der Waals surface area contributed by atoms with E-state index in [0.29, 0.717) is 6.54 Å². The van der Waals surface area contributed by atoms with Crippen molar-refractivity contribution in [2.75, 3.05) is 12.3 Å². The van der Waals surface area contributed by atoms with Crippen molar-refractivity contribution in [2.45, 2.75) is 6.92 Å². The zero-order valence-electron chi connectivity index (χ0n) is 4.85. The van der Waals surface area contributed by atoms with Crippen molar-refractivity contribution in [1.29, 1.82) is 0 Å². The van der Waals surface area contributed by atoms with E-state index in [2.05, 4.69) is 11.6 Å². The Labute approximate surface area is 50.1 Å². The lowest BCUT2D eigenvalue weighted by Crippen LogP contribution is -2.24. The van der Waals surface area contributed by atoms with Gasteiger partial charge in [0, 0.05) is 6.54 Å². The van der Waals surface area contributed by atoms with Crippen LogP contribution >= 0.6 is 0 Å². The molecule has 0 aliphatic rings. The average Bonchev–Trinajstić information content (AvgIpc) is 1.67. The Kier molecular flexibility index (Phi) is 3.01. The first-order chi connectivity index (χ1) is 3.62. The molecule has 49 valence electrons. The summed E-state index contributed by atoms with van der Waals surface area (Å²) in [6.07, 6.45) is 0. The van der Waals surface area contributed by atoms with E-state index in [1.54, 1.807) is 6.92 Å². The van der Waals surface area contributed by atoms with Gasteiger partial charge in [-0.15, -0.1) is 0 Å². The van der Waals surface area contributed by atoms with Crippen molar-refractivity contribution in [3.05, 3.63) is 6.92 Å². The Morgan fingerprint density at radius 3 is 2.25 bits per heavy atom. The van der Waals surface area contributed by atoms with Crippen molar-refractivity contribution in [2.24, 2.45) is 0 Å². The molecule has 0 saturated carbocycles. The van der Waals surface area contributed by atoms with Gasteiger partial charge in [0.25, 0.3) is 0 Å². The van der Waals surface area contributed by atoms with Gasteiger partial charge in [0.15, 0.2) is 0 Å². The Hall–Kier alpha value is -0.0900. The lowest BCUT2D eigenvalue weighted by molar-refractivity contribution is 0.587. The Bertz CT molecular complexity index is 138.